The van der Waals surface area contributed by atoms with E-state index in [0.29, 0.717) is 16.7 Å². The van der Waals surface area contributed by atoms with Gasteiger partial charge in [-0.25, -0.2) is 14.4 Å². The predicted octanol–water partition coefficient (Wildman–Crippen LogP) is 3.42. The minimum atomic E-state index is -0.260. The van der Waals surface area contributed by atoms with Crippen LogP contribution in [0.5, 0.6) is 0 Å². The van der Waals surface area contributed by atoms with Crippen molar-refractivity contribution in [3.05, 3.63) is 47.1 Å². The number of nitrogens with zero attached hydrogens (tertiary/aromatic N) is 3. The van der Waals surface area contributed by atoms with E-state index in [-0.39, 0.29) is 11.7 Å². The number of aromatic nitrogens is 3. The summed E-state index contributed by atoms with van der Waals surface area (Å²) >= 11 is 5.87. The Morgan fingerprint density at radius 3 is 3.06 bits per heavy atom. The van der Waals surface area contributed by atoms with Gasteiger partial charge < -0.3 is 0 Å². The molecule has 1 aliphatic carbocycles. The Balaban J connectivity index is 2.14. The summed E-state index contributed by atoms with van der Waals surface area (Å²) in [4.78, 5) is 8.34. The van der Waals surface area contributed by atoms with Crippen molar-refractivity contribution in [1.29, 1.82) is 0 Å². The maximum Gasteiger partial charge on any atom is 0.146 e. The first-order valence-corrected chi connectivity index (χ1v) is 6.10. The summed E-state index contributed by atoms with van der Waals surface area (Å²) in [5.74, 6) is 0.565. The van der Waals surface area contributed by atoms with Crippen LogP contribution < -0.4 is 0 Å². The van der Waals surface area contributed by atoms with Gasteiger partial charge in [0.2, 0.25) is 0 Å². The van der Waals surface area contributed by atoms with Crippen LogP contribution in [-0.2, 0) is 6.42 Å². The Morgan fingerprint density at radius 1 is 1.44 bits per heavy atom. The van der Waals surface area contributed by atoms with Crippen LogP contribution in [0.1, 0.15) is 18.3 Å². The first-order valence-electron chi connectivity index (χ1n) is 5.72. The zero-order valence-corrected chi connectivity index (χ0v) is 10.5. The first kappa shape index (κ1) is 11.4. The molecule has 0 saturated heterocycles. The number of fused-ring (bicyclic) bond motifs is 1. The molecule has 2 heterocycles. The molecule has 0 aliphatic heterocycles. The minimum absolute atomic E-state index is 0.159. The van der Waals surface area contributed by atoms with Crippen LogP contribution >= 0.6 is 11.6 Å². The standard InChI is InChI=1S/C13H11ClFN3/c1-8-5-9(15)13-10(6-8)18(7-16-13)12-4-2-3-11(14)17-12/h2-5,7-8H,6H2,1H3. The van der Waals surface area contributed by atoms with Crippen molar-refractivity contribution in [2.45, 2.75) is 13.3 Å². The quantitative estimate of drug-likeness (QED) is 0.738. The zero-order valence-electron chi connectivity index (χ0n) is 9.77. The van der Waals surface area contributed by atoms with Crippen LogP contribution in [0.15, 0.2) is 30.6 Å². The molecule has 0 fully saturated rings. The van der Waals surface area contributed by atoms with Crippen LogP contribution in [0.4, 0.5) is 4.39 Å². The first-order chi connectivity index (χ1) is 8.65. The van der Waals surface area contributed by atoms with E-state index in [4.69, 9.17) is 11.6 Å². The fraction of sp³-hybridized carbons (Fsp3) is 0.231. The topological polar surface area (TPSA) is 30.7 Å². The lowest BCUT2D eigenvalue weighted by Crippen LogP contribution is -2.10. The number of halogens is 2. The Labute approximate surface area is 109 Å². The molecule has 1 atom stereocenters. The molecule has 18 heavy (non-hydrogen) atoms. The van der Waals surface area contributed by atoms with E-state index >= 15 is 0 Å². The summed E-state index contributed by atoms with van der Waals surface area (Å²) in [7, 11) is 0. The Kier molecular flexibility index (Phi) is 2.67. The molecule has 0 N–H and O–H groups in total. The molecule has 3 rings (SSSR count). The maximum absolute atomic E-state index is 13.8. The molecule has 0 radical (unpaired) electrons. The van der Waals surface area contributed by atoms with Gasteiger partial charge in [0.25, 0.3) is 0 Å². The van der Waals surface area contributed by atoms with Gasteiger partial charge in [0.05, 0.1) is 5.69 Å². The molecule has 0 amide bonds. The van der Waals surface area contributed by atoms with Gasteiger partial charge in [-0.05, 0) is 30.5 Å². The highest BCUT2D eigenvalue weighted by Gasteiger charge is 2.23. The van der Waals surface area contributed by atoms with E-state index in [9.17, 15) is 4.39 Å². The highest BCUT2D eigenvalue weighted by Crippen LogP contribution is 2.30. The largest absolute Gasteiger partial charge is 0.287 e. The third kappa shape index (κ3) is 1.82. The Hall–Kier alpha value is -1.68. The molecule has 3 nitrogen and oxygen atoms in total. The van der Waals surface area contributed by atoms with Gasteiger partial charge in [0.1, 0.15) is 28.8 Å². The summed E-state index contributed by atoms with van der Waals surface area (Å²) in [5, 5.41) is 0.412. The monoisotopic (exact) mass is 263 g/mol. The van der Waals surface area contributed by atoms with Crippen LogP contribution in [0, 0.1) is 5.92 Å². The Bertz CT molecular complexity index is 633. The molecule has 1 unspecified atom stereocenters. The fourth-order valence-corrected chi connectivity index (χ4v) is 2.35. The third-order valence-corrected chi connectivity index (χ3v) is 3.20. The fourth-order valence-electron chi connectivity index (χ4n) is 2.19. The van der Waals surface area contributed by atoms with Crippen molar-refractivity contribution in [3.8, 4) is 5.82 Å². The second-order valence-corrected chi connectivity index (χ2v) is 4.81. The van der Waals surface area contributed by atoms with Gasteiger partial charge in [0.15, 0.2) is 0 Å². The SMILES string of the molecule is CC1C=C(F)c2ncn(-c3cccc(Cl)n3)c2C1. The van der Waals surface area contributed by atoms with E-state index in [1.165, 1.54) is 0 Å². The average molecular weight is 264 g/mol. The smallest absolute Gasteiger partial charge is 0.146 e. The molecule has 2 aromatic heterocycles. The second-order valence-electron chi connectivity index (χ2n) is 4.42. The van der Waals surface area contributed by atoms with E-state index < -0.39 is 0 Å². The molecule has 1 aliphatic rings. The van der Waals surface area contributed by atoms with Crippen molar-refractivity contribution < 1.29 is 4.39 Å². The third-order valence-electron chi connectivity index (χ3n) is 2.99. The molecule has 2 aromatic rings. The number of pyridine rings is 1. The normalized spacial score (nSPS) is 18.4. The summed E-state index contributed by atoms with van der Waals surface area (Å²) < 4.78 is 15.6. The van der Waals surface area contributed by atoms with Crippen molar-refractivity contribution in [3.63, 3.8) is 0 Å². The molecular formula is C13H11ClFN3. The number of hydrogen-bond donors (Lipinski definition) is 0. The van der Waals surface area contributed by atoms with E-state index in [1.54, 1.807) is 23.0 Å². The van der Waals surface area contributed by atoms with Gasteiger partial charge in [-0.3, -0.25) is 4.57 Å². The molecule has 0 saturated carbocycles. The average Bonchev–Trinajstić information content (AvgIpc) is 2.72. The predicted molar refractivity (Wildman–Crippen MR) is 68.3 cm³/mol. The number of allylic oxidation sites excluding steroid dienone is 1. The van der Waals surface area contributed by atoms with E-state index in [1.807, 2.05) is 19.1 Å². The van der Waals surface area contributed by atoms with Crippen LogP contribution in [0.25, 0.3) is 11.6 Å². The molecule has 0 bridgehead atoms. The lowest BCUT2D eigenvalue weighted by Gasteiger charge is -2.15. The summed E-state index contributed by atoms with van der Waals surface area (Å²) in [6, 6.07) is 5.35. The van der Waals surface area contributed by atoms with E-state index in [2.05, 4.69) is 9.97 Å². The van der Waals surface area contributed by atoms with Crippen LogP contribution in [0.3, 0.4) is 0 Å². The maximum atomic E-state index is 13.8. The Morgan fingerprint density at radius 2 is 2.28 bits per heavy atom. The lowest BCUT2D eigenvalue weighted by atomic mass is 9.97. The van der Waals surface area contributed by atoms with Gasteiger partial charge in [0, 0.05) is 0 Å². The highest BCUT2D eigenvalue weighted by atomic mass is 35.5. The zero-order chi connectivity index (χ0) is 12.7. The van der Waals surface area contributed by atoms with Crippen molar-refractivity contribution >= 4 is 17.4 Å². The van der Waals surface area contributed by atoms with Gasteiger partial charge in [-0.15, -0.1) is 0 Å². The number of hydrogen-bond acceptors (Lipinski definition) is 2. The van der Waals surface area contributed by atoms with Crippen molar-refractivity contribution in [2.24, 2.45) is 5.92 Å². The molecule has 5 heteroatoms. The number of imidazole rings is 1. The number of rotatable bonds is 1. The molecule has 0 spiro atoms. The lowest BCUT2D eigenvalue weighted by molar-refractivity contribution is 0.642. The second kappa shape index (κ2) is 4.21. The highest BCUT2D eigenvalue weighted by molar-refractivity contribution is 6.29. The van der Waals surface area contributed by atoms with Gasteiger partial charge in [-0.2, -0.15) is 0 Å². The molecular weight excluding hydrogens is 253 g/mol. The summed E-state index contributed by atoms with van der Waals surface area (Å²) in [6.07, 6.45) is 3.94. The van der Waals surface area contributed by atoms with Gasteiger partial charge in [-0.1, -0.05) is 24.6 Å². The van der Waals surface area contributed by atoms with Crippen molar-refractivity contribution in [1.82, 2.24) is 14.5 Å². The van der Waals surface area contributed by atoms with Crippen LogP contribution in [-0.4, -0.2) is 14.5 Å². The summed E-state index contributed by atoms with van der Waals surface area (Å²) in [5.41, 5.74) is 1.26. The van der Waals surface area contributed by atoms with Gasteiger partial charge >= 0.3 is 0 Å². The molecule has 92 valence electrons. The van der Waals surface area contributed by atoms with E-state index in [0.717, 1.165) is 12.1 Å². The molecule has 0 aromatic carbocycles. The van der Waals surface area contributed by atoms with Crippen molar-refractivity contribution in [2.75, 3.05) is 0 Å². The summed E-state index contributed by atoms with van der Waals surface area (Å²) in [6.45, 7) is 1.98. The minimum Gasteiger partial charge on any atom is -0.287 e. The van der Waals surface area contributed by atoms with Crippen LogP contribution in [0.2, 0.25) is 5.15 Å².